The van der Waals surface area contributed by atoms with Gasteiger partial charge in [0.1, 0.15) is 9.55 Å². The summed E-state index contributed by atoms with van der Waals surface area (Å²) in [5.41, 5.74) is 5.91. The van der Waals surface area contributed by atoms with E-state index in [2.05, 4.69) is 55.5 Å². The first-order chi connectivity index (χ1) is 8.84. The van der Waals surface area contributed by atoms with Crippen molar-refractivity contribution in [2.45, 2.75) is 19.8 Å². The van der Waals surface area contributed by atoms with Gasteiger partial charge in [-0.2, -0.15) is 11.1 Å². The molecule has 0 saturated carbocycles. The molecule has 1 aliphatic rings. The minimum Gasteiger partial charge on any atom is -0.181 e. The lowest BCUT2D eigenvalue weighted by atomic mass is 9.97. The van der Waals surface area contributed by atoms with Crippen LogP contribution in [0.3, 0.4) is 0 Å². The maximum Gasteiger partial charge on any atom is 0.109 e. The summed E-state index contributed by atoms with van der Waals surface area (Å²) in [4.78, 5) is 0. The molecule has 0 N–H and O–H groups in total. The van der Waals surface area contributed by atoms with Crippen molar-refractivity contribution in [2.24, 2.45) is 5.92 Å². The molecule has 0 aromatic heterocycles. The van der Waals surface area contributed by atoms with Crippen LogP contribution in [0.25, 0.3) is 11.1 Å². The Morgan fingerprint density at radius 2 is 1.67 bits per heavy atom. The third kappa shape index (κ3) is 2.68. The fraction of sp³-hybridized carbons (Fsp3) is 0.250. The van der Waals surface area contributed by atoms with Gasteiger partial charge in [0.25, 0.3) is 0 Å². The molecule has 2 aromatic carbocycles. The summed E-state index contributed by atoms with van der Waals surface area (Å²) in [5.74, 6) is 0.805. The highest BCUT2D eigenvalue weighted by atomic mass is 35.6. The Hall–Kier alpha value is -1.05. The smallest absolute Gasteiger partial charge is 0.109 e. The molecule has 0 aliphatic heterocycles. The van der Waals surface area contributed by atoms with Crippen LogP contribution in [0.15, 0.2) is 48.5 Å². The van der Waals surface area contributed by atoms with E-state index in [0.29, 0.717) is 0 Å². The predicted octanol–water partition coefficient (Wildman–Crippen LogP) is 3.59. The van der Waals surface area contributed by atoms with Gasteiger partial charge in [-0.3, -0.25) is 0 Å². The standard InChI is InChI=1S/C16H16.ClH3Si/c1-12-10-14-8-5-9-15(16(14)11-12)13-6-3-2-4-7-13;1-2/h2-9,12H,10-11H2,1H3;2H3. The van der Waals surface area contributed by atoms with E-state index in [1.165, 1.54) is 24.0 Å². The molecule has 2 aromatic rings. The molecule has 1 aliphatic carbocycles. The van der Waals surface area contributed by atoms with Crippen LogP contribution in [0.5, 0.6) is 0 Å². The highest BCUT2D eigenvalue weighted by Crippen LogP contribution is 2.34. The van der Waals surface area contributed by atoms with Gasteiger partial charge in [-0.25, -0.2) is 0 Å². The van der Waals surface area contributed by atoms with E-state index in [4.69, 9.17) is 11.1 Å². The Morgan fingerprint density at radius 1 is 0.944 bits per heavy atom. The van der Waals surface area contributed by atoms with Gasteiger partial charge in [-0.1, -0.05) is 55.5 Å². The number of hydrogen-bond acceptors (Lipinski definition) is 0. The predicted molar refractivity (Wildman–Crippen MR) is 84.2 cm³/mol. The van der Waals surface area contributed by atoms with Crippen LogP contribution in [0.2, 0.25) is 0 Å². The van der Waals surface area contributed by atoms with Gasteiger partial charge in [0.05, 0.1) is 0 Å². The summed E-state index contributed by atoms with van der Waals surface area (Å²) in [7, 11) is 0.778. The molecule has 94 valence electrons. The number of benzene rings is 2. The Bertz CT molecular complexity index is 508. The SMILES string of the molecule is CC1Cc2cccc(-c3ccccc3)c2C1.[SiH3]Cl. The Labute approximate surface area is 117 Å². The van der Waals surface area contributed by atoms with Crippen LogP contribution in [0.1, 0.15) is 18.1 Å². The molecular formula is C16H19ClSi. The maximum absolute atomic E-state index is 4.78. The molecular weight excluding hydrogens is 256 g/mol. The number of rotatable bonds is 1. The number of halogens is 1. The summed E-state index contributed by atoms with van der Waals surface area (Å²) in [6.45, 7) is 2.34. The molecule has 1 unspecified atom stereocenters. The minimum absolute atomic E-state index is 0.778. The van der Waals surface area contributed by atoms with Crippen molar-refractivity contribution < 1.29 is 0 Å². The molecule has 2 heteroatoms. The van der Waals surface area contributed by atoms with E-state index in [1.54, 1.807) is 11.1 Å². The second-order valence-corrected chi connectivity index (χ2v) is 4.82. The molecule has 18 heavy (non-hydrogen) atoms. The van der Waals surface area contributed by atoms with Gasteiger partial charge in [-0.05, 0) is 41.0 Å². The van der Waals surface area contributed by atoms with Gasteiger partial charge < -0.3 is 0 Å². The molecule has 3 rings (SSSR count). The first kappa shape index (κ1) is 13.4. The van der Waals surface area contributed by atoms with Gasteiger partial charge in [-0.15, -0.1) is 0 Å². The van der Waals surface area contributed by atoms with Crippen molar-refractivity contribution >= 4 is 20.6 Å². The average Bonchev–Trinajstić information content (AvgIpc) is 2.82. The minimum atomic E-state index is 0.778. The van der Waals surface area contributed by atoms with Crippen molar-refractivity contribution in [1.29, 1.82) is 0 Å². The third-order valence-corrected chi connectivity index (χ3v) is 3.48. The Morgan fingerprint density at radius 3 is 2.39 bits per heavy atom. The van der Waals surface area contributed by atoms with Crippen molar-refractivity contribution in [1.82, 2.24) is 0 Å². The highest BCUT2D eigenvalue weighted by Gasteiger charge is 2.20. The van der Waals surface area contributed by atoms with Crippen molar-refractivity contribution in [3.05, 3.63) is 59.7 Å². The summed E-state index contributed by atoms with van der Waals surface area (Å²) in [6, 6.07) is 17.5. The fourth-order valence-corrected chi connectivity index (χ4v) is 2.75. The molecule has 0 radical (unpaired) electrons. The quantitative estimate of drug-likeness (QED) is 0.551. The largest absolute Gasteiger partial charge is 0.181 e. The van der Waals surface area contributed by atoms with Crippen LogP contribution >= 0.6 is 11.1 Å². The zero-order valence-corrected chi connectivity index (χ0v) is 13.7. The average molecular weight is 275 g/mol. The van der Waals surface area contributed by atoms with E-state index < -0.39 is 0 Å². The van der Waals surface area contributed by atoms with E-state index in [-0.39, 0.29) is 0 Å². The Kier molecular flexibility index (Phi) is 4.62. The van der Waals surface area contributed by atoms with Crippen LogP contribution in [-0.4, -0.2) is 9.55 Å². The van der Waals surface area contributed by atoms with Crippen LogP contribution in [0.4, 0.5) is 0 Å². The van der Waals surface area contributed by atoms with E-state index in [1.807, 2.05) is 0 Å². The first-order valence-electron chi connectivity index (χ1n) is 6.38. The molecule has 0 fully saturated rings. The third-order valence-electron chi connectivity index (χ3n) is 3.48. The molecule has 0 spiro atoms. The summed E-state index contributed by atoms with van der Waals surface area (Å²) < 4.78 is 0. The normalized spacial score (nSPS) is 16.9. The van der Waals surface area contributed by atoms with Crippen LogP contribution in [0, 0.1) is 5.92 Å². The van der Waals surface area contributed by atoms with Gasteiger partial charge in [0.15, 0.2) is 0 Å². The van der Waals surface area contributed by atoms with E-state index in [9.17, 15) is 0 Å². The number of hydrogen-bond donors (Lipinski definition) is 0. The lowest BCUT2D eigenvalue weighted by Gasteiger charge is -2.08. The highest BCUT2D eigenvalue weighted by molar-refractivity contribution is 6.80. The maximum atomic E-state index is 4.78. The second-order valence-electron chi connectivity index (χ2n) is 4.82. The summed E-state index contributed by atoms with van der Waals surface area (Å²) in [5, 5.41) is 0. The Balaban J connectivity index is 0.000000574. The first-order valence-corrected chi connectivity index (χ1v) is 9.41. The zero-order chi connectivity index (χ0) is 13.0. The fourth-order valence-electron chi connectivity index (χ4n) is 2.75. The topological polar surface area (TPSA) is 0 Å². The van der Waals surface area contributed by atoms with Crippen molar-refractivity contribution in [2.75, 3.05) is 0 Å². The molecule has 0 heterocycles. The second kappa shape index (κ2) is 6.21. The molecule has 0 amide bonds. The van der Waals surface area contributed by atoms with E-state index in [0.717, 1.165) is 15.5 Å². The van der Waals surface area contributed by atoms with Crippen molar-refractivity contribution in [3.63, 3.8) is 0 Å². The summed E-state index contributed by atoms with van der Waals surface area (Å²) >= 11 is 4.78. The van der Waals surface area contributed by atoms with Crippen LogP contribution in [-0.2, 0) is 12.8 Å². The van der Waals surface area contributed by atoms with Gasteiger partial charge >= 0.3 is 0 Å². The van der Waals surface area contributed by atoms with Gasteiger partial charge in [0, 0.05) is 0 Å². The summed E-state index contributed by atoms with van der Waals surface area (Å²) in [6.07, 6.45) is 2.48. The van der Waals surface area contributed by atoms with Gasteiger partial charge in [0.2, 0.25) is 0 Å². The molecule has 0 nitrogen and oxygen atoms in total. The number of fused-ring (bicyclic) bond motifs is 1. The zero-order valence-electron chi connectivity index (χ0n) is 11.0. The van der Waals surface area contributed by atoms with Crippen molar-refractivity contribution in [3.8, 4) is 11.1 Å². The molecule has 1 atom stereocenters. The van der Waals surface area contributed by atoms with Crippen LogP contribution < -0.4 is 0 Å². The lowest BCUT2D eigenvalue weighted by molar-refractivity contribution is 0.628. The van der Waals surface area contributed by atoms with E-state index >= 15 is 0 Å². The molecule has 0 saturated heterocycles. The lowest BCUT2D eigenvalue weighted by Crippen LogP contribution is -1.90. The molecule has 0 bridgehead atoms. The monoisotopic (exact) mass is 274 g/mol.